The second-order valence-electron chi connectivity index (χ2n) is 5.66. The maximum atomic E-state index is 11.6. The third-order valence-corrected chi connectivity index (χ3v) is 3.81. The van der Waals surface area contributed by atoms with Crippen molar-refractivity contribution in [1.82, 2.24) is 0 Å². The Labute approximate surface area is 153 Å². The molecule has 148 valence electrons. The van der Waals surface area contributed by atoms with Gasteiger partial charge in [0.25, 0.3) is 0 Å². The van der Waals surface area contributed by atoms with Crippen LogP contribution in [0.15, 0.2) is 17.0 Å². The van der Waals surface area contributed by atoms with Gasteiger partial charge in [0.1, 0.15) is 11.4 Å². The predicted molar refractivity (Wildman–Crippen MR) is 92.9 cm³/mol. The molecule has 0 bridgehead atoms. The first kappa shape index (κ1) is 21.9. The Kier molecular flexibility index (Phi) is 9.67. The summed E-state index contributed by atoms with van der Waals surface area (Å²) in [7, 11) is 0. The summed E-state index contributed by atoms with van der Waals surface area (Å²) in [6.07, 6.45) is 3.54. The van der Waals surface area contributed by atoms with Gasteiger partial charge < -0.3 is 29.9 Å². The average molecular weight is 372 g/mol. The normalized spacial score (nSPS) is 16.6. The van der Waals surface area contributed by atoms with E-state index in [4.69, 9.17) is 29.9 Å². The smallest absolute Gasteiger partial charge is 0.334 e. The zero-order chi connectivity index (χ0) is 19.4. The number of hydrogen-bond donors (Lipinski definition) is 2. The maximum Gasteiger partial charge on any atom is 0.334 e. The number of aliphatic hydroxyl groups excluding tert-OH is 1. The molecule has 9 nitrogen and oxygen atoms in total. The minimum atomic E-state index is -0.751. The number of allylic oxidation sites excluding steroid dienone is 1. The summed E-state index contributed by atoms with van der Waals surface area (Å²) in [4.78, 5) is 28.4. The lowest BCUT2D eigenvalue weighted by Crippen LogP contribution is -2.52. The highest BCUT2D eigenvalue weighted by molar-refractivity contribution is 5.89. The Balaban J connectivity index is 2.76. The van der Waals surface area contributed by atoms with Crippen LogP contribution in [0.25, 0.3) is 0 Å². The van der Waals surface area contributed by atoms with E-state index in [9.17, 15) is 9.59 Å². The fourth-order valence-electron chi connectivity index (χ4n) is 2.32. The molecular formula is C17H28N2O7. The van der Waals surface area contributed by atoms with Gasteiger partial charge in [-0.2, -0.15) is 0 Å². The molecule has 1 fully saturated rings. The summed E-state index contributed by atoms with van der Waals surface area (Å²) in [5.74, 6) is -0.751. The summed E-state index contributed by atoms with van der Waals surface area (Å²) < 4.78 is 15.3. The molecule has 0 atom stereocenters. The van der Waals surface area contributed by atoms with Crippen LogP contribution in [0, 0.1) is 0 Å². The molecule has 1 saturated carbocycles. The van der Waals surface area contributed by atoms with E-state index in [2.05, 4.69) is 5.16 Å². The first-order valence-corrected chi connectivity index (χ1v) is 8.76. The first-order valence-electron chi connectivity index (χ1n) is 8.76. The maximum absolute atomic E-state index is 11.6. The second-order valence-corrected chi connectivity index (χ2v) is 5.66. The van der Waals surface area contributed by atoms with Crippen LogP contribution in [0.2, 0.25) is 0 Å². The molecular weight excluding hydrogens is 344 g/mol. The molecule has 0 aromatic heterocycles. The van der Waals surface area contributed by atoms with Crippen LogP contribution in [0.3, 0.4) is 0 Å². The number of oxime groups is 1. The van der Waals surface area contributed by atoms with Crippen molar-refractivity contribution in [1.29, 1.82) is 0 Å². The minimum absolute atomic E-state index is 0.0284. The zero-order valence-electron chi connectivity index (χ0n) is 15.4. The molecule has 0 heterocycles. The monoisotopic (exact) mass is 372 g/mol. The fourth-order valence-corrected chi connectivity index (χ4v) is 2.32. The van der Waals surface area contributed by atoms with Crippen molar-refractivity contribution in [2.24, 2.45) is 10.9 Å². The molecule has 0 aromatic rings. The van der Waals surface area contributed by atoms with Crippen LogP contribution >= 0.6 is 0 Å². The molecule has 1 rings (SSSR count). The number of nitrogens with two attached hydrogens (primary N) is 1. The number of esters is 2. The molecule has 3 N–H and O–H groups in total. The van der Waals surface area contributed by atoms with Crippen LogP contribution < -0.4 is 5.73 Å². The van der Waals surface area contributed by atoms with Crippen molar-refractivity contribution < 1.29 is 33.7 Å². The number of aliphatic hydroxyl groups is 1. The molecule has 0 saturated heterocycles. The van der Waals surface area contributed by atoms with E-state index >= 15 is 0 Å². The van der Waals surface area contributed by atoms with Gasteiger partial charge in [-0.1, -0.05) is 5.16 Å². The fraction of sp³-hybridized carbons (Fsp3) is 0.706. The van der Waals surface area contributed by atoms with E-state index in [-0.39, 0.29) is 50.9 Å². The van der Waals surface area contributed by atoms with E-state index in [1.807, 2.05) is 0 Å². The largest absolute Gasteiger partial charge is 0.466 e. The highest BCUT2D eigenvalue weighted by Gasteiger charge is 2.42. The molecule has 0 aromatic carbocycles. The number of carbonyl (C=O) groups excluding carboxylic acids is 2. The second kappa shape index (κ2) is 11.5. The number of amidine groups is 1. The summed E-state index contributed by atoms with van der Waals surface area (Å²) >= 11 is 0. The molecule has 1 aliphatic carbocycles. The Hall–Kier alpha value is -2.13. The highest BCUT2D eigenvalue weighted by Crippen LogP contribution is 2.36. The lowest BCUT2D eigenvalue weighted by molar-refractivity contribution is -0.143. The topological polar surface area (TPSA) is 130 Å². The molecule has 0 radical (unpaired) electrons. The number of rotatable bonds is 12. The zero-order valence-corrected chi connectivity index (χ0v) is 15.4. The molecule has 0 spiro atoms. The molecule has 0 unspecified atom stereocenters. The van der Waals surface area contributed by atoms with Crippen LogP contribution in [-0.2, 0) is 28.6 Å². The van der Waals surface area contributed by atoms with Crippen molar-refractivity contribution in [3.63, 3.8) is 0 Å². The lowest BCUT2D eigenvalue weighted by atomic mass is 9.79. The molecule has 0 amide bonds. The first-order chi connectivity index (χ1) is 12.5. The number of carbonyl (C=O) groups is 2. The molecule has 26 heavy (non-hydrogen) atoms. The lowest BCUT2D eigenvalue weighted by Gasteiger charge is -2.40. The van der Waals surface area contributed by atoms with Crippen molar-refractivity contribution >= 4 is 17.8 Å². The van der Waals surface area contributed by atoms with Gasteiger partial charge in [-0.15, -0.1) is 0 Å². The summed E-state index contributed by atoms with van der Waals surface area (Å²) in [5.41, 5.74) is 5.23. The third kappa shape index (κ3) is 7.01. The van der Waals surface area contributed by atoms with Gasteiger partial charge in [0.15, 0.2) is 5.84 Å². The Morgan fingerprint density at radius 1 is 1.19 bits per heavy atom. The van der Waals surface area contributed by atoms with Gasteiger partial charge in [0.2, 0.25) is 0 Å². The van der Waals surface area contributed by atoms with Crippen LogP contribution in [-0.4, -0.2) is 54.9 Å². The minimum Gasteiger partial charge on any atom is -0.466 e. The number of hydrogen-bond acceptors (Lipinski definition) is 8. The van der Waals surface area contributed by atoms with Crippen LogP contribution in [0.4, 0.5) is 0 Å². The van der Waals surface area contributed by atoms with Crippen LogP contribution in [0.1, 0.15) is 46.0 Å². The molecule has 0 aliphatic heterocycles. The molecule has 1 aliphatic rings. The predicted octanol–water partition coefficient (Wildman–Crippen LogP) is 0.997. The van der Waals surface area contributed by atoms with E-state index in [0.29, 0.717) is 12.8 Å². The quantitative estimate of drug-likeness (QED) is 0.130. The van der Waals surface area contributed by atoms with Gasteiger partial charge >= 0.3 is 11.9 Å². The van der Waals surface area contributed by atoms with E-state index in [1.165, 1.54) is 0 Å². The highest BCUT2D eigenvalue weighted by atomic mass is 16.6. The Bertz CT molecular complexity index is 527. The van der Waals surface area contributed by atoms with Crippen molar-refractivity contribution in [3.8, 4) is 0 Å². The standard InChI is InChI=1S/C17H28N2O7/c1-3-23-14(21)7-6-13(12-15(22)24-4-2)26-19-16(18)17(8-5-9-17)25-11-10-20/h12,20H,3-11H2,1-2H3,(H2,18,19)/b13-12+. The number of ether oxygens (including phenoxy) is 3. The van der Waals surface area contributed by atoms with Gasteiger partial charge in [0.05, 0.1) is 38.9 Å². The van der Waals surface area contributed by atoms with Gasteiger partial charge in [0, 0.05) is 6.42 Å². The SMILES string of the molecule is CCOC(=O)/C=C(\CCC(=O)OCC)O/N=C(/N)C1(OCCO)CCC1. The average Bonchev–Trinajstić information content (AvgIpc) is 2.57. The van der Waals surface area contributed by atoms with E-state index < -0.39 is 17.5 Å². The van der Waals surface area contributed by atoms with Crippen LogP contribution in [0.5, 0.6) is 0 Å². The third-order valence-electron chi connectivity index (χ3n) is 3.81. The summed E-state index contributed by atoms with van der Waals surface area (Å²) in [5, 5.41) is 12.8. The number of nitrogens with zero attached hydrogens (tertiary/aromatic N) is 1. The summed E-state index contributed by atoms with van der Waals surface area (Å²) in [6, 6.07) is 0. The van der Waals surface area contributed by atoms with Gasteiger partial charge in [-0.25, -0.2) is 4.79 Å². The van der Waals surface area contributed by atoms with E-state index in [1.54, 1.807) is 13.8 Å². The summed E-state index contributed by atoms with van der Waals surface area (Å²) in [6.45, 7) is 3.89. The Morgan fingerprint density at radius 2 is 1.88 bits per heavy atom. The van der Waals surface area contributed by atoms with Gasteiger partial charge in [-0.3, -0.25) is 4.79 Å². The van der Waals surface area contributed by atoms with Crippen molar-refractivity contribution in [2.45, 2.75) is 51.6 Å². The Morgan fingerprint density at radius 3 is 2.42 bits per heavy atom. The van der Waals surface area contributed by atoms with Crippen molar-refractivity contribution in [3.05, 3.63) is 11.8 Å². The molecule has 9 heteroatoms. The van der Waals surface area contributed by atoms with E-state index in [0.717, 1.165) is 12.5 Å². The van der Waals surface area contributed by atoms with Crippen molar-refractivity contribution in [2.75, 3.05) is 26.4 Å². The van der Waals surface area contributed by atoms with Gasteiger partial charge in [-0.05, 0) is 33.1 Å².